The van der Waals surface area contributed by atoms with Gasteiger partial charge in [-0.05, 0) is 49.8 Å². The number of rotatable bonds is 6. The van der Waals surface area contributed by atoms with Gasteiger partial charge in [-0.15, -0.1) is 0 Å². The van der Waals surface area contributed by atoms with Gasteiger partial charge in [0.05, 0.1) is 0 Å². The summed E-state index contributed by atoms with van der Waals surface area (Å²) in [5.74, 6) is -0.0376. The minimum atomic E-state index is -0.528. The molecule has 0 radical (unpaired) electrons. The van der Waals surface area contributed by atoms with Crippen molar-refractivity contribution < 1.29 is 9.59 Å². The van der Waals surface area contributed by atoms with Crippen LogP contribution in [-0.4, -0.2) is 28.8 Å². The molecule has 31 heavy (non-hydrogen) atoms. The summed E-state index contributed by atoms with van der Waals surface area (Å²) in [5, 5.41) is 3.32. The first kappa shape index (κ1) is 21.6. The van der Waals surface area contributed by atoms with Crippen LogP contribution in [0.15, 0.2) is 54.6 Å². The topological polar surface area (TPSA) is 49.4 Å². The van der Waals surface area contributed by atoms with Crippen LogP contribution in [0.2, 0.25) is 0 Å². The SMILES string of the molecule is C[C@@H](CCc1ccccc1)N1C(=O)c2ccccc2[C@H]1C(=O)NC1CCCCCCC1. The third kappa shape index (κ3) is 5.00. The fourth-order valence-corrected chi connectivity index (χ4v) is 5.10. The van der Waals surface area contributed by atoms with Crippen molar-refractivity contribution >= 4 is 11.8 Å². The van der Waals surface area contributed by atoms with E-state index in [4.69, 9.17) is 0 Å². The number of hydrogen-bond acceptors (Lipinski definition) is 2. The summed E-state index contributed by atoms with van der Waals surface area (Å²) in [5.41, 5.74) is 2.78. The minimum absolute atomic E-state index is 0.0181. The van der Waals surface area contributed by atoms with E-state index in [9.17, 15) is 9.59 Å². The molecular weight excluding hydrogens is 384 g/mol. The van der Waals surface area contributed by atoms with Crippen molar-refractivity contribution in [3.63, 3.8) is 0 Å². The first-order valence-electron chi connectivity index (χ1n) is 11.9. The zero-order chi connectivity index (χ0) is 21.6. The molecule has 0 saturated heterocycles. The lowest BCUT2D eigenvalue weighted by Gasteiger charge is -2.32. The average molecular weight is 419 g/mol. The second-order valence-electron chi connectivity index (χ2n) is 9.13. The van der Waals surface area contributed by atoms with Gasteiger partial charge in [0.25, 0.3) is 5.91 Å². The molecule has 4 rings (SSSR count). The molecule has 2 aromatic rings. The summed E-state index contributed by atoms with van der Waals surface area (Å²) in [4.78, 5) is 28.6. The second-order valence-corrected chi connectivity index (χ2v) is 9.13. The maximum absolute atomic E-state index is 13.5. The van der Waals surface area contributed by atoms with E-state index in [1.165, 1.54) is 37.7 Å². The Morgan fingerprint density at radius 1 is 0.968 bits per heavy atom. The van der Waals surface area contributed by atoms with Gasteiger partial charge in [0.2, 0.25) is 5.91 Å². The highest BCUT2D eigenvalue weighted by molar-refractivity contribution is 6.04. The summed E-state index contributed by atoms with van der Waals surface area (Å²) in [7, 11) is 0. The lowest BCUT2D eigenvalue weighted by molar-refractivity contribution is -0.127. The number of fused-ring (bicyclic) bond motifs is 1. The van der Waals surface area contributed by atoms with Gasteiger partial charge >= 0.3 is 0 Å². The molecule has 164 valence electrons. The molecule has 0 bridgehead atoms. The molecule has 0 aromatic heterocycles. The maximum Gasteiger partial charge on any atom is 0.255 e. The van der Waals surface area contributed by atoms with Crippen molar-refractivity contribution in [3.05, 3.63) is 71.3 Å². The van der Waals surface area contributed by atoms with Crippen molar-refractivity contribution in [2.75, 3.05) is 0 Å². The van der Waals surface area contributed by atoms with Crippen molar-refractivity contribution in [2.24, 2.45) is 0 Å². The molecule has 1 N–H and O–H groups in total. The summed E-state index contributed by atoms with van der Waals surface area (Å²) in [6.45, 7) is 2.07. The van der Waals surface area contributed by atoms with Gasteiger partial charge in [-0.25, -0.2) is 0 Å². The number of nitrogens with one attached hydrogen (secondary N) is 1. The van der Waals surface area contributed by atoms with Crippen LogP contribution in [0.25, 0.3) is 0 Å². The van der Waals surface area contributed by atoms with Crippen LogP contribution in [-0.2, 0) is 11.2 Å². The zero-order valence-electron chi connectivity index (χ0n) is 18.6. The maximum atomic E-state index is 13.5. The van der Waals surface area contributed by atoms with Crippen molar-refractivity contribution in [3.8, 4) is 0 Å². The van der Waals surface area contributed by atoms with E-state index in [-0.39, 0.29) is 23.9 Å². The van der Waals surface area contributed by atoms with E-state index in [1.807, 2.05) is 47.4 Å². The Bertz CT molecular complexity index is 887. The Morgan fingerprint density at radius 2 is 1.61 bits per heavy atom. The van der Waals surface area contributed by atoms with Crippen LogP contribution in [0.4, 0.5) is 0 Å². The molecule has 1 heterocycles. The largest absolute Gasteiger partial charge is 0.351 e. The Kier molecular flexibility index (Phi) is 7.06. The van der Waals surface area contributed by atoms with E-state index in [2.05, 4.69) is 24.4 Å². The van der Waals surface area contributed by atoms with Gasteiger partial charge < -0.3 is 10.2 Å². The Balaban J connectivity index is 1.51. The predicted molar refractivity (Wildman–Crippen MR) is 124 cm³/mol. The van der Waals surface area contributed by atoms with Crippen molar-refractivity contribution in [2.45, 2.75) is 82.8 Å². The van der Waals surface area contributed by atoms with Gasteiger partial charge in [0.1, 0.15) is 6.04 Å². The molecule has 4 nitrogen and oxygen atoms in total. The summed E-state index contributed by atoms with van der Waals surface area (Å²) >= 11 is 0. The third-order valence-electron chi connectivity index (χ3n) is 6.87. The fourth-order valence-electron chi connectivity index (χ4n) is 5.10. The monoisotopic (exact) mass is 418 g/mol. The molecule has 0 unspecified atom stereocenters. The van der Waals surface area contributed by atoms with Gasteiger partial charge in [0, 0.05) is 17.6 Å². The van der Waals surface area contributed by atoms with E-state index < -0.39 is 6.04 Å². The molecule has 2 amide bonds. The molecule has 1 saturated carbocycles. The number of hydrogen-bond donors (Lipinski definition) is 1. The Morgan fingerprint density at radius 3 is 2.35 bits per heavy atom. The van der Waals surface area contributed by atoms with Crippen LogP contribution in [0.5, 0.6) is 0 Å². The minimum Gasteiger partial charge on any atom is -0.351 e. The first-order chi connectivity index (χ1) is 15.1. The van der Waals surface area contributed by atoms with Crippen LogP contribution in [0.1, 0.15) is 85.8 Å². The molecule has 1 aliphatic carbocycles. The normalized spacial score (nSPS) is 20.6. The highest BCUT2D eigenvalue weighted by Crippen LogP contribution is 2.36. The fraction of sp³-hybridized carbons (Fsp3) is 0.481. The van der Waals surface area contributed by atoms with Gasteiger partial charge in [-0.3, -0.25) is 9.59 Å². The first-order valence-corrected chi connectivity index (χ1v) is 11.9. The quantitative estimate of drug-likeness (QED) is 0.680. The number of carbonyl (C=O) groups excluding carboxylic acids is 2. The molecular formula is C27H34N2O2. The Hall–Kier alpha value is -2.62. The van der Waals surface area contributed by atoms with Crippen LogP contribution >= 0.6 is 0 Å². The van der Waals surface area contributed by atoms with E-state index >= 15 is 0 Å². The molecule has 2 aromatic carbocycles. The molecule has 2 atom stereocenters. The number of benzene rings is 2. The Labute approximate surface area is 186 Å². The van der Waals surface area contributed by atoms with E-state index in [0.717, 1.165) is 31.2 Å². The van der Waals surface area contributed by atoms with Crippen LogP contribution in [0.3, 0.4) is 0 Å². The summed E-state index contributed by atoms with van der Waals surface area (Å²) in [6, 6.07) is 17.6. The number of amides is 2. The van der Waals surface area contributed by atoms with Gasteiger partial charge in [-0.1, -0.05) is 80.6 Å². The highest BCUT2D eigenvalue weighted by Gasteiger charge is 2.43. The van der Waals surface area contributed by atoms with E-state index in [1.54, 1.807) is 0 Å². The van der Waals surface area contributed by atoms with Crippen molar-refractivity contribution in [1.82, 2.24) is 10.2 Å². The number of nitrogens with zero attached hydrogens (tertiary/aromatic N) is 1. The smallest absolute Gasteiger partial charge is 0.255 e. The lowest BCUT2D eigenvalue weighted by atomic mass is 9.96. The molecule has 4 heteroatoms. The third-order valence-corrected chi connectivity index (χ3v) is 6.87. The van der Waals surface area contributed by atoms with E-state index in [0.29, 0.717) is 5.56 Å². The predicted octanol–water partition coefficient (Wildman–Crippen LogP) is 5.43. The van der Waals surface area contributed by atoms with Gasteiger partial charge in [-0.2, -0.15) is 0 Å². The van der Waals surface area contributed by atoms with Crippen LogP contribution < -0.4 is 5.32 Å². The highest BCUT2D eigenvalue weighted by atomic mass is 16.2. The zero-order valence-corrected chi connectivity index (χ0v) is 18.6. The number of aryl methyl sites for hydroxylation is 1. The summed E-state index contributed by atoms with van der Waals surface area (Å²) < 4.78 is 0. The number of carbonyl (C=O) groups is 2. The lowest BCUT2D eigenvalue weighted by Crippen LogP contribution is -2.46. The standard InChI is InChI=1S/C27H34N2O2/c1-20(18-19-21-12-6-5-7-13-21)29-25(23-16-10-11-17-24(23)27(29)31)26(30)28-22-14-8-3-2-4-9-15-22/h5-7,10-13,16-17,20,22,25H,2-4,8-9,14-15,18-19H2,1H3,(H,28,30)/t20-,25-/m0/s1. The van der Waals surface area contributed by atoms with Crippen molar-refractivity contribution in [1.29, 1.82) is 0 Å². The molecule has 2 aliphatic rings. The molecule has 0 spiro atoms. The van der Waals surface area contributed by atoms with Gasteiger partial charge in [0.15, 0.2) is 0 Å². The molecule has 1 fully saturated rings. The second kappa shape index (κ2) is 10.1. The summed E-state index contributed by atoms with van der Waals surface area (Å²) in [6.07, 6.45) is 9.94. The average Bonchev–Trinajstić information content (AvgIpc) is 3.07. The molecule has 1 aliphatic heterocycles. The van der Waals surface area contributed by atoms with Crippen LogP contribution in [0, 0.1) is 0 Å².